The molecule has 8 heteroatoms. The van der Waals surface area contributed by atoms with E-state index in [9.17, 15) is 9.59 Å². The molecule has 0 aliphatic heterocycles. The highest BCUT2D eigenvalue weighted by Gasteiger charge is 2.15. The molecule has 0 unspecified atom stereocenters. The Balaban J connectivity index is 2.49. The van der Waals surface area contributed by atoms with Gasteiger partial charge in [-0.1, -0.05) is 11.8 Å². The summed E-state index contributed by atoms with van der Waals surface area (Å²) >= 11 is 0.856. The Kier molecular flexibility index (Phi) is 3.68. The van der Waals surface area contributed by atoms with Crippen molar-refractivity contribution in [2.45, 2.75) is 5.16 Å². The summed E-state index contributed by atoms with van der Waals surface area (Å²) in [5.74, 6) is -0.997. The van der Waals surface area contributed by atoms with E-state index >= 15 is 0 Å². The van der Waals surface area contributed by atoms with E-state index in [2.05, 4.69) is 9.97 Å². The molecule has 0 aliphatic rings. The molecule has 0 radical (unpaired) electrons. The normalized spacial score (nSPS) is 10.1. The SMILES string of the molecule is N#Cc1c(-c2ccco2)nc(SCC(=O)O)[nH]c1=O. The molecule has 2 aromatic heterocycles. The summed E-state index contributed by atoms with van der Waals surface area (Å²) in [7, 11) is 0. The first kappa shape index (κ1) is 12.9. The van der Waals surface area contributed by atoms with Gasteiger partial charge >= 0.3 is 5.97 Å². The van der Waals surface area contributed by atoms with Crippen molar-refractivity contribution in [2.24, 2.45) is 0 Å². The number of carbonyl (C=O) groups is 1. The number of nitrogens with zero attached hydrogens (tertiary/aromatic N) is 2. The third-order valence-corrected chi connectivity index (χ3v) is 2.95. The summed E-state index contributed by atoms with van der Waals surface area (Å²) < 4.78 is 5.11. The summed E-state index contributed by atoms with van der Waals surface area (Å²) in [5.41, 5.74) is -0.699. The van der Waals surface area contributed by atoms with Crippen molar-refractivity contribution >= 4 is 17.7 Å². The molecular formula is C11H7N3O4S. The summed E-state index contributed by atoms with van der Waals surface area (Å²) in [4.78, 5) is 28.6. The molecule has 0 saturated heterocycles. The van der Waals surface area contributed by atoms with Crippen LogP contribution in [0.2, 0.25) is 0 Å². The molecule has 0 bridgehead atoms. The number of nitrogens with one attached hydrogen (secondary N) is 1. The van der Waals surface area contributed by atoms with Gasteiger partial charge in [0.05, 0.1) is 12.0 Å². The molecule has 0 aliphatic carbocycles. The van der Waals surface area contributed by atoms with E-state index in [1.54, 1.807) is 18.2 Å². The zero-order valence-electron chi connectivity index (χ0n) is 9.41. The number of furan rings is 1. The lowest BCUT2D eigenvalue weighted by molar-refractivity contribution is -0.133. The van der Waals surface area contributed by atoms with E-state index in [0.29, 0.717) is 0 Å². The Morgan fingerprint density at radius 2 is 2.42 bits per heavy atom. The Bertz CT molecular complexity index is 700. The van der Waals surface area contributed by atoms with Gasteiger partial charge in [-0.3, -0.25) is 9.59 Å². The van der Waals surface area contributed by atoms with Gasteiger partial charge in [-0.2, -0.15) is 5.26 Å². The lowest BCUT2D eigenvalue weighted by Crippen LogP contribution is -2.15. The fourth-order valence-corrected chi connectivity index (χ4v) is 1.93. The molecule has 0 amide bonds. The Morgan fingerprint density at radius 1 is 1.63 bits per heavy atom. The van der Waals surface area contributed by atoms with Gasteiger partial charge in [-0.25, -0.2) is 4.98 Å². The zero-order valence-corrected chi connectivity index (χ0v) is 10.2. The third kappa shape index (κ3) is 2.83. The smallest absolute Gasteiger partial charge is 0.313 e. The molecule has 0 fully saturated rings. The maximum absolute atomic E-state index is 11.7. The third-order valence-electron chi connectivity index (χ3n) is 2.10. The number of aliphatic carboxylic acids is 1. The van der Waals surface area contributed by atoms with Crippen LogP contribution in [-0.4, -0.2) is 26.8 Å². The second kappa shape index (κ2) is 5.41. The van der Waals surface area contributed by atoms with Crippen LogP contribution in [0.3, 0.4) is 0 Å². The maximum atomic E-state index is 11.7. The highest BCUT2D eigenvalue weighted by atomic mass is 32.2. The molecule has 0 aromatic carbocycles. The molecule has 2 rings (SSSR count). The van der Waals surface area contributed by atoms with Crippen LogP contribution >= 0.6 is 11.8 Å². The van der Waals surface area contributed by atoms with Gasteiger partial charge in [-0.15, -0.1) is 0 Å². The summed E-state index contributed by atoms with van der Waals surface area (Å²) in [6.45, 7) is 0. The monoisotopic (exact) mass is 277 g/mol. The lowest BCUT2D eigenvalue weighted by atomic mass is 10.2. The highest BCUT2D eigenvalue weighted by Crippen LogP contribution is 2.22. The molecular weight excluding hydrogens is 270 g/mol. The van der Waals surface area contributed by atoms with Crippen LogP contribution in [0.25, 0.3) is 11.5 Å². The molecule has 2 aromatic rings. The second-order valence-electron chi connectivity index (χ2n) is 3.37. The van der Waals surface area contributed by atoms with Crippen LogP contribution in [0.4, 0.5) is 0 Å². The van der Waals surface area contributed by atoms with Crippen LogP contribution in [0, 0.1) is 11.3 Å². The van der Waals surface area contributed by atoms with Gasteiger partial charge in [0.25, 0.3) is 5.56 Å². The number of hydrogen-bond donors (Lipinski definition) is 2. The first-order valence-electron chi connectivity index (χ1n) is 5.04. The van der Waals surface area contributed by atoms with Crippen molar-refractivity contribution < 1.29 is 14.3 Å². The predicted octanol–water partition coefficient (Wildman–Crippen LogP) is 1.08. The minimum Gasteiger partial charge on any atom is -0.481 e. The molecule has 0 atom stereocenters. The van der Waals surface area contributed by atoms with E-state index in [1.807, 2.05) is 0 Å². The second-order valence-corrected chi connectivity index (χ2v) is 4.33. The van der Waals surface area contributed by atoms with Gasteiger partial charge in [0.2, 0.25) is 0 Å². The first-order chi connectivity index (χ1) is 9.11. The van der Waals surface area contributed by atoms with Crippen molar-refractivity contribution in [3.05, 3.63) is 34.3 Å². The van der Waals surface area contributed by atoms with Gasteiger partial charge in [0, 0.05) is 0 Å². The fourth-order valence-electron chi connectivity index (χ4n) is 1.35. The Morgan fingerprint density at radius 3 is 3.00 bits per heavy atom. The van der Waals surface area contributed by atoms with E-state index in [0.717, 1.165) is 11.8 Å². The predicted molar refractivity (Wildman–Crippen MR) is 65.6 cm³/mol. The number of aromatic amines is 1. The summed E-state index contributed by atoms with van der Waals surface area (Å²) in [5, 5.41) is 17.7. The summed E-state index contributed by atoms with van der Waals surface area (Å²) in [6, 6.07) is 4.92. The number of thioether (sulfide) groups is 1. The Hall–Kier alpha value is -2.53. The fraction of sp³-hybridized carbons (Fsp3) is 0.0909. The number of rotatable bonds is 4. The van der Waals surface area contributed by atoms with Crippen LogP contribution in [-0.2, 0) is 4.79 Å². The average Bonchev–Trinajstić information content (AvgIpc) is 2.89. The van der Waals surface area contributed by atoms with Gasteiger partial charge in [-0.05, 0) is 12.1 Å². The van der Waals surface area contributed by atoms with Crippen LogP contribution < -0.4 is 5.56 Å². The standard InChI is InChI=1S/C11H7N3O4S/c12-4-6-9(7-2-1-3-18-7)13-11(14-10(6)17)19-5-8(15)16/h1-3H,5H2,(H,15,16)(H,13,14,17). The quantitative estimate of drug-likeness (QED) is 0.633. The van der Waals surface area contributed by atoms with Crippen molar-refractivity contribution in [3.63, 3.8) is 0 Å². The molecule has 7 nitrogen and oxygen atoms in total. The van der Waals surface area contributed by atoms with E-state index < -0.39 is 11.5 Å². The highest BCUT2D eigenvalue weighted by molar-refractivity contribution is 7.99. The summed E-state index contributed by atoms with van der Waals surface area (Å²) in [6.07, 6.45) is 1.39. The maximum Gasteiger partial charge on any atom is 0.313 e. The van der Waals surface area contributed by atoms with Crippen molar-refractivity contribution in [2.75, 3.05) is 5.75 Å². The van der Waals surface area contributed by atoms with E-state index in [-0.39, 0.29) is 27.9 Å². The van der Waals surface area contributed by atoms with E-state index in [1.165, 1.54) is 6.26 Å². The Labute approximate surface area is 110 Å². The van der Waals surface area contributed by atoms with Crippen LogP contribution in [0.5, 0.6) is 0 Å². The number of aromatic nitrogens is 2. The molecule has 96 valence electrons. The molecule has 2 N–H and O–H groups in total. The topological polar surface area (TPSA) is 120 Å². The van der Waals surface area contributed by atoms with Crippen molar-refractivity contribution in [1.29, 1.82) is 5.26 Å². The van der Waals surface area contributed by atoms with Gasteiger partial charge in [0.15, 0.2) is 10.9 Å². The molecule has 0 spiro atoms. The number of hydrogen-bond acceptors (Lipinski definition) is 6. The lowest BCUT2D eigenvalue weighted by Gasteiger charge is -2.02. The average molecular weight is 277 g/mol. The van der Waals surface area contributed by atoms with Gasteiger partial charge < -0.3 is 14.5 Å². The molecule has 0 saturated carbocycles. The van der Waals surface area contributed by atoms with Crippen molar-refractivity contribution in [1.82, 2.24) is 9.97 Å². The minimum absolute atomic E-state index is 0.101. The van der Waals surface area contributed by atoms with Gasteiger partial charge in [0.1, 0.15) is 17.3 Å². The van der Waals surface area contributed by atoms with E-state index in [4.69, 9.17) is 14.8 Å². The van der Waals surface area contributed by atoms with Crippen LogP contribution in [0.15, 0.2) is 32.8 Å². The first-order valence-corrected chi connectivity index (χ1v) is 6.03. The number of nitriles is 1. The molecule has 2 heterocycles. The number of carboxylic acids is 1. The zero-order chi connectivity index (χ0) is 13.8. The molecule has 19 heavy (non-hydrogen) atoms. The minimum atomic E-state index is -1.03. The van der Waals surface area contributed by atoms with Crippen LogP contribution in [0.1, 0.15) is 5.56 Å². The number of carboxylic acid groups (broad SMARTS) is 1. The number of H-pyrrole nitrogens is 1. The largest absolute Gasteiger partial charge is 0.481 e. The van der Waals surface area contributed by atoms with Crippen molar-refractivity contribution in [3.8, 4) is 17.5 Å².